The highest BCUT2D eigenvalue weighted by Gasteiger charge is 2.47. The van der Waals surface area contributed by atoms with Crippen LogP contribution in [0, 0.1) is 11.8 Å². The lowest BCUT2D eigenvalue weighted by atomic mass is 10.0. The van der Waals surface area contributed by atoms with Crippen LogP contribution in [-0.2, 0) is 11.0 Å². The highest BCUT2D eigenvalue weighted by molar-refractivity contribution is 5.96. The molecule has 0 radical (unpaired) electrons. The second-order valence-electron chi connectivity index (χ2n) is 8.37. The van der Waals surface area contributed by atoms with Gasteiger partial charge in [-0.1, -0.05) is 32.0 Å². The molecule has 0 aliphatic heterocycles. The Morgan fingerprint density at radius 1 is 1.09 bits per heavy atom. The Bertz CT molecular complexity index is 1010. The molecular weight excluding hydrogens is 437 g/mol. The van der Waals surface area contributed by atoms with Crippen LogP contribution in [-0.4, -0.2) is 25.5 Å². The summed E-state index contributed by atoms with van der Waals surface area (Å²) in [4.78, 5) is 24.8. The van der Waals surface area contributed by atoms with E-state index in [1.807, 2.05) is 0 Å². The molecule has 0 bridgehead atoms. The summed E-state index contributed by atoms with van der Waals surface area (Å²) in [6.07, 6.45) is -3.34. The van der Waals surface area contributed by atoms with E-state index in [1.165, 1.54) is 37.4 Å². The largest absolute Gasteiger partial charge is 0.493 e. The molecule has 2 N–H and O–H groups in total. The molecule has 0 saturated heterocycles. The average Bonchev–Trinajstić information content (AvgIpc) is 3.57. The van der Waals surface area contributed by atoms with E-state index >= 15 is 0 Å². The van der Waals surface area contributed by atoms with Gasteiger partial charge >= 0.3 is 6.18 Å². The van der Waals surface area contributed by atoms with E-state index in [0.717, 1.165) is 12.5 Å². The van der Waals surface area contributed by atoms with Gasteiger partial charge in [-0.15, -0.1) is 0 Å². The van der Waals surface area contributed by atoms with E-state index in [4.69, 9.17) is 9.47 Å². The van der Waals surface area contributed by atoms with E-state index in [2.05, 4.69) is 24.7 Å². The zero-order valence-electron chi connectivity index (χ0n) is 18.7. The van der Waals surface area contributed by atoms with Crippen LogP contribution in [0.3, 0.4) is 0 Å². The lowest BCUT2D eigenvalue weighted by molar-refractivity contribution is -0.138. The summed E-state index contributed by atoms with van der Waals surface area (Å²) in [6.45, 7) is 4.68. The van der Waals surface area contributed by atoms with Crippen molar-refractivity contribution in [2.24, 2.45) is 11.8 Å². The molecule has 2 aromatic carbocycles. The van der Waals surface area contributed by atoms with Crippen molar-refractivity contribution in [3.05, 3.63) is 59.2 Å². The highest BCUT2D eigenvalue weighted by atomic mass is 19.4. The van der Waals surface area contributed by atoms with E-state index in [0.29, 0.717) is 24.0 Å². The molecule has 2 unspecified atom stereocenters. The molecule has 2 atom stereocenters. The third-order valence-electron chi connectivity index (χ3n) is 5.47. The Kier molecular flexibility index (Phi) is 7.50. The van der Waals surface area contributed by atoms with Gasteiger partial charge in [0, 0.05) is 11.5 Å². The lowest BCUT2D eigenvalue weighted by Gasteiger charge is -2.14. The van der Waals surface area contributed by atoms with Crippen LogP contribution < -0.4 is 20.3 Å². The van der Waals surface area contributed by atoms with Crippen LogP contribution in [0.25, 0.3) is 0 Å². The van der Waals surface area contributed by atoms with Crippen molar-refractivity contribution in [1.29, 1.82) is 0 Å². The first kappa shape index (κ1) is 24.4. The first-order chi connectivity index (χ1) is 15.6. The first-order valence-corrected chi connectivity index (χ1v) is 10.7. The average molecular weight is 464 g/mol. The zero-order chi connectivity index (χ0) is 24.2. The topological polar surface area (TPSA) is 76.7 Å². The molecule has 2 amide bonds. The fourth-order valence-corrected chi connectivity index (χ4v) is 3.52. The number of hydrogen-bond donors (Lipinski definition) is 2. The van der Waals surface area contributed by atoms with Crippen molar-refractivity contribution in [3.8, 4) is 11.5 Å². The number of hydrazine groups is 1. The molecule has 178 valence electrons. The molecule has 0 spiro atoms. The maximum absolute atomic E-state index is 13.2. The Labute approximate surface area is 190 Å². The van der Waals surface area contributed by atoms with Crippen LogP contribution in [0.2, 0.25) is 0 Å². The van der Waals surface area contributed by atoms with Crippen LogP contribution >= 0.6 is 0 Å². The molecule has 1 aliphatic carbocycles. The van der Waals surface area contributed by atoms with Crippen LogP contribution in [0.4, 0.5) is 13.2 Å². The van der Waals surface area contributed by atoms with Crippen molar-refractivity contribution >= 4 is 11.8 Å². The molecule has 0 heterocycles. The van der Waals surface area contributed by atoms with Gasteiger partial charge in [-0.25, -0.2) is 0 Å². The number of carbonyl (C=O) groups excluding carboxylic acids is 2. The predicted octanol–water partition coefficient (Wildman–Crippen LogP) is 4.70. The molecule has 6 nitrogen and oxygen atoms in total. The molecule has 0 aromatic heterocycles. The Hall–Kier alpha value is -3.23. The number of alkyl halides is 3. The summed E-state index contributed by atoms with van der Waals surface area (Å²) in [5.74, 6) is -0.930. The smallest absolute Gasteiger partial charge is 0.416 e. The number of hydrogen-bond acceptors (Lipinski definition) is 4. The number of nitrogens with one attached hydrogen (secondary N) is 2. The predicted molar refractivity (Wildman–Crippen MR) is 116 cm³/mol. The van der Waals surface area contributed by atoms with Gasteiger partial charge in [0.2, 0.25) is 5.91 Å². The maximum atomic E-state index is 13.2. The Morgan fingerprint density at radius 2 is 1.82 bits per heavy atom. The monoisotopic (exact) mass is 464 g/mol. The zero-order valence-corrected chi connectivity index (χ0v) is 18.7. The summed E-state index contributed by atoms with van der Waals surface area (Å²) in [5, 5.41) is 0. The second kappa shape index (κ2) is 10.1. The molecule has 1 saturated carbocycles. The molecule has 1 aliphatic rings. The lowest BCUT2D eigenvalue weighted by Crippen LogP contribution is -2.42. The van der Waals surface area contributed by atoms with Crippen LogP contribution in [0.1, 0.15) is 54.1 Å². The maximum Gasteiger partial charge on any atom is 0.416 e. The Balaban J connectivity index is 1.57. The van der Waals surface area contributed by atoms with Gasteiger partial charge in [0.05, 0.1) is 19.3 Å². The normalized spacial score (nSPS) is 17.4. The van der Waals surface area contributed by atoms with Crippen LogP contribution in [0.5, 0.6) is 11.5 Å². The summed E-state index contributed by atoms with van der Waals surface area (Å²) in [7, 11) is 1.46. The quantitative estimate of drug-likeness (QED) is 0.555. The van der Waals surface area contributed by atoms with E-state index in [-0.39, 0.29) is 17.5 Å². The molecular formula is C24H27F3N2O4. The van der Waals surface area contributed by atoms with E-state index in [9.17, 15) is 22.8 Å². The number of methoxy groups -OCH3 is 1. The summed E-state index contributed by atoms with van der Waals surface area (Å²) < 4.78 is 50.6. The molecule has 1 fully saturated rings. The molecule has 33 heavy (non-hydrogen) atoms. The van der Waals surface area contributed by atoms with Crippen molar-refractivity contribution in [2.45, 2.75) is 38.8 Å². The van der Waals surface area contributed by atoms with Gasteiger partial charge in [-0.3, -0.25) is 20.4 Å². The number of halogens is 3. The summed E-state index contributed by atoms with van der Waals surface area (Å²) in [6, 6.07) is 9.87. The van der Waals surface area contributed by atoms with E-state index < -0.39 is 35.4 Å². The summed E-state index contributed by atoms with van der Waals surface area (Å²) in [5.41, 5.74) is 4.20. The van der Waals surface area contributed by atoms with E-state index in [1.54, 1.807) is 6.07 Å². The van der Waals surface area contributed by atoms with Gasteiger partial charge < -0.3 is 9.47 Å². The number of benzene rings is 2. The number of rotatable bonds is 8. The van der Waals surface area contributed by atoms with Gasteiger partial charge in [-0.05, 0) is 54.5 Å². The minimum absolute atomic E-state index is 0.0919. The molecule has 3 rings (SSSR count). The molecule has 9 heteroatoms. The third-order valence-corrected chi connectivity index (χ3v) is 5.47. The van der Waals surface area contributed by atoms with Crippen molar-refractivity contribution in [3.63, 3.8) is 0 Å². The summed E-state index contributed by atoms with van der Waals surface area (Å²) >= 11 is 0. The van der Waals surface area contributed by atoms with Gasteiger partial charge in [-0.2, -0.15) is 13.2 Å². The minimum Gasteiger partial charge on any atom is -0.493 e. The number of amides is 2. The SMILES string of the molecule is COc1cc(C(=O)NNC(=O)C2CC2c2ccccc2C(F)(F)F)ccc1OCCC(C)C. The third kappa shape index (κ3) is 6.18. The van der Waals surface area contributed by atoms with Crippen molar-refractivity contribution in [1.82, 2.24) is 10.9 Å². The fourth-order valence-electron chi connectivity index (χ4n) is 3.52. The van der Waals surface area contributed by atoms with Gasteiger partial charge in [0.1, 0.15) is 0 Å². The minimum atomic E-state index is -4.49. The van der Waals surface area contributed by atoms with Gasteiger partial charge in [0.15, 0.2) is 11.5 Å². The Morgan fingerprint density at radius 3 is 2.48 bits per heavy atom. The number of ether oxygens (including phenoxy) is 2. The van der Waals surface area contributed by atoms with Crippen molar-refractivity contribution in [2.75, 3.05) is 13.7 Å². The number of carbonyl (C=O) groups is 2. The fraction of sp³-hybridized carbons (Fsp3) is 0.417. The van der Waals surface area contributed by atoms with Crippen LogP contribution in [0.15, 0.2) is 42.5 Å². The second-order valence-corrected chi connectivity index (χ2v) is 8.37. The molecule has 2 aromatic rings. The first-order valence-electron chi connectivity index (χ1n) is 10.7. The highest BCUT2D eigenvalue weighted by Crippen LogP contribution is 2.50. The standard InChI is InChI=1S/C24H27F3N2O4/c1-14(2)10-11-33-20-9-8-15(12-21(20)32-3)22(30)28-29-23(31)18-13-17(18)16-6-4-5-7-19(16)24(25,26)27/h4-9,12,14,17-18H,10-11,13H2,1-3H3,(H,28,30)(H,29,31). The van der Waals surface area contributed by atoms with Crippen molar-refractivity contribution < 1.29 is 32.2 Å². The van der Waals surface area contributed by atoms with Gasteiger partial charge in [0.25, 0.3) is 5.91 Å².